The van der Waals surface area contributed by atoms with Crippen molar-refractivity contribution in [1.82, 2.24) is 5.32 Å². The largest absolute Gasteiger partial charge is 0.464 e. The minimum atomic E-state index is -0.484. The molecule has 0 aliphatic carbocycles. The second-order valence-corrected chi connectivity index (χ2v) is 4.96. The monoisotopic (exact) mass is 247 g/mol. The number of carbonyl (C=O) groups is 1. The zero-order valence-corrected chi connectivity index (χ0v) is 10.6. The van der Waals surface area contributed by atoms with Crippen LogP contribution in [0.1, 0.15) is 19.4 Å². The third kappa shape index (κ3) is 2.38. The summed E-state index contributed by atoms with van der Waals surface area (Å²) in [6.45, 7) is 4.03. The summed E-state index contributed by atoms with van der Waals surface area (Å²) in [6.07, 6.45) is 1.73. The van der Waals surface area contributed by atoms with Crippen molar-refractivity contribution in [3.63, 3.8) is 0 Å². The van der Waals surface area contributed by atoms with E-state index in [0.717, 1.165) is 16.5 Å². The van der Waals surface area contributed by atoms with Crippen LogP contribution in [-0.4, -0.2) is 24.2 Å². The quantitative estimate of drug-likeness (QED) is 0.866. The normalized spacial score (nSPS) is 11.7. The van der Waals surface area contributed by atoms with Crippen molar-refractivity contribution in [2.45, 2.75) is 19.3 Å². The maximum Gasteiger partial charge on any atom is 0.245 e. The molecule has 0 spiro atoms. The van der Waals surface area contributed by atoms with Gasteiger partial charge in [0.15, 0.2) is 0 Å². The maximum absolute atomic E-state index is 11.1. The number of nitrogens with one attached hydrogen (secondary N) is 1. The first-order valence-electron chi connectivity index (χ1n) is 5.89. The Morgan fingerprint density at radius 1 is 1.39 bits per heavy atom. The molecule has 0 radical (unpaired) electrons. The molecule has 96 valence electrons. The Morgan fingerprint density at radius 3 is 2.83 bits per heavy atom. The summed E-state index contributed by atoms with van der Waals surface area (Å²) in [6, 6.07) is 7.81. The summed E-state index contributed by atoms with van der Waals surface area (Å²) in [5.41, 5.74) is 1.64. The number of aliphatic hydroxyl groups excluding tert-OH is 1. The van der Waals surface area contributed by atoms with E-state index in [4.69, 9.17) is 9.52 Å². The summed E-state index contributed by atoms with van der Waals surface area (Å²) >= 11 is 0. The van der Waals surface area contributed by atoms with E-state index in [-0.39, 0.29) is 11.3 Å². The fraction of sp³-hybridized carbons (Fsp3) is 0.357. The Morgan fingerprint density at radius 2 is 2.11 bits per heavy atom. The lowest BCUT2D eigenvalue weighted by Crippen LogP contribution is -2.37. The minimum Gasteiger partial charge on any atom is -0.464 e. The Balaban J connectivity index is 2.26. The highest BCUT2D eigenvalue weighted by Gasteiger charge is 2.25. The molecule has 0 aliphatic rings. The maximum atomic E-state index is 11.1. The smallest absolute Gasteiger partial charge is 0.245 e. The Labute approximate surface area is 106 Å². The van der Waals surface area contributed by atoms with Gasteiger partial charge in [-0.25, -0.2) is 0 Å². The fourth-order valence-corrected chi connectivity index (χ4v) is 1.97. The number of rotatable bonds is 4. The van der Waals surface area contributed by atoms with Gasteiger partial charge in [0.1, 0.15) is 12.2 Å². The van der Waals surface area contributed by atoms with Crippen LogP contribution in [0.5, 0.6) is 0 Å². The van der Waals surface area contributed by atoms with Gasteiger partial charge in [-0.1, -0.05) is 32.0 Å². The molecule has 2 aromatic rings. The van der Waals surface area contributed by atoms with Gasteiger partial charge in [0.25, 0.3) is 0 Å². The molecule has 1 amide bonds. The van der Waals surface area contributed by atoms with Crippen LogP contribution in [0.2, 0.25) is 0 Å². The first kappa shape index (κ1) is 12.6. The van der Waals surface area contributed by atoms with Gasteiger partial charge in [-0.3, -0.25) is 4.79 Å². The molecule has 0 saturated carbocycles. The number of hydrogen-bond donors (Lipinski definition) is 2. The van der Waals surface area contributed by atoms with Gasteiger partial charge in [-0.2, -0.15) is 0 Å². The highest BCUT2D eigenvalue weighted by atomic mass is 16.3. The number of carbonyl (C=O) groups excluding carboxylic acids is 1. The lowest BCUT2D eigenvalue weighted by atomic mass is 9.84. The number of benzene rings is 1. The van der Waals surface area contributed by atoms with E-state index in [1.807, 2.05) is 38.1 Å². The molecular weight excluding hydrogens is 230 g/mol. The third-order valence-electron chi connectivity index (χ3n) is 3.08. The van der Waals surface area contributed by atoms with Crippen LogP contribution in [0, 0.1) is 0 Å². The van der Waals surface area contributed by atoms with Crippen molar-refractivity contribution >= 4 is 16.9 Å². The molecule has 2 N–H and O–H groups in total. The van der Waals surface area contributed by atoms with Crippen molar-refractivity contribution in [3.8, 4) is 0 Å². The summed E-state index contributed by atoms with van der Waals surface area (Å²) in [5, 5.41) is 12.5. The van der Waals surface area contributed by atoms with Crippen molar-refractivity contribution in [1.29, 1.82) is 0 Å². The molecule has 4 heteroatoms. The molecule has 0 aliphatic heterocycles. The molecule has 0 unspecified atom stereocenters. The van der Waals surface area contributed by atoms with Crippen molar-refractivity contribution in [2.75, 3.05) is 13.2 Å². The predicted octanol–water partition coefficient (Wildman–Crippen LogP) is 1.82. The topological polar surface area (TPSA) is 62.5 Å². The Kier molecular flexibility index (Phi) is 3.39. The molecule has 0 atom stereocenters. The fourth-order valence-electron chi connectivity index (χ4n) is 1.97. The second kappa shape index (κ2) is 4.82. The number of amides is 1. The molecule has 0 fully saturated rings. The molecule has 0 saturated heterocycles. The predicted molar refractivity (Wildman–Crippen MR) is 69.3 cm³/mol. The molecule has 1 aromatic heterocycles. The van der Waals surface area contributed by atoms with Crippen molar-refractivity contribution in [2.24, 2.45) is 0 Å². The van der Waals surface area contributed by atoms with Gasteiger partial charge in [-0.05, 0) is 6.07 Å². The number of furan rings is 1. The third-order valence-corrected chi connectivity index (χ3v) is 3.08. The zero-order valence-electron chi connectivity index (χ0n) is 10.6. The SMILES string of the molecule is CC(C)(CNC(=O)CO)c1coc2ccccc12. The molecule has 18 heavy (non-hydrogen) atoms. The lowest BCUT2D eigenvalue weighted by Gasteiger charge is -2.24. The first-order valence-corrected chi connectivity index (χ1v) is 5.89. The standard InChI is InChI=1S/C14H17NO3/c1-14(2,9-15-13(17)7-16)11-8-18-12-6-4-3-5-10(11)12/h3-6,8,16H,7,9H2,1-2H3,(H,15,17). The summed E-state index contributed by atoms with van der Waals surface area (Å²) in [4.78, 5) is 11.1. The molecule has 1 aromatic carbocycles. The van der Waals surface area contributed by atoms with Crippen LogP contribution in [0.4, 0.5) is 0 Å². The van der Waals surface area contributed by atoms with Gasteiger partial charge < -0.3 is 14.8 Å². The minimum absolute atomic E-state index is 0.253. The van der Waals surface area contributed by atoms with Crippen LogP contribution >= 0.6 is 0 Å². The summed E-state index contributed by atoms with van der Waals surface area (Å²) < 4.78 is 5.51. The molecule has 1 heterocycles. The van der Waals surface area contributed by atoms with Crippen LogP contribution in [0.15, 0.2) is 34.9 Å². The molecule has 0 bridgehead atoms. The van der Waals surface area contributed by atoms with Crippen molar-refractivity contribution in [3.05, 3.63) is 36.1 Å². The Hall–Kier alpha value is -1.81. The van der Waals surface area contributed by atoms with E-state index >= 15 is 0 Å². The average molecular weight is 247 g/mol. The summed E-state index contributed by atoms with van der Waals surface area (Å²) in [7, 11) is 0. The van der Waals surface area contributed by atoms with Gasteiger partial charge in [0.2, 0.25) is 5.91 Å². The van der Waals surface area contributed by atoms with Gasteiger partial charge in [-0.15, -0.1) is 0 Å². The van der Waals surface area contributed by atoms with Crippen LogP contribution in [0.25, 0.3) is 11.0 Å². The van der Waals surface area contributed by atoms with E-state index in [9.17, 15) is 4.79 Å². The highest BCUT2D eigenvalue weighted by molar-refractivity contribution is 5.82. The van der Waals surface area contributed by atoms with Crippen LogP contribution < -0.4 is 5.32 Å². The number of para-hydroxylation sites is 1. The molecule has 4 nitrogen and oxygen atoms in total. The lowest BCUT2D eigenvalue weighted by molar-refractivity contribution is -0.124. The van der Waals surface area contributed by atoms with E-state index in [0.29, 0.717) is 6.54 Å². The average Bonchev–Trinajstić information content (AvgIpc) is 2.80. The number of aliphatic hydroxyl groups is 1. The number of hydrogen-bond acceptors (Lipinski definition) is 3. The van der Waals surface area contributed by atoms with E-state index in [2.05, 4.69) is 5.32 Å². The van der Waals surface area contributed by atoms with Gasteiger partial charge in [0, 0.05) is 22.9 Å². The van der Waals surface area contributed by atoms with E-state index in [1.165, 1.54) is 0 Å². The van der Waals surface area contributed by atoms with E-state index in [1.54, 1.807) is 6.26 Å². The second-order valence-electron chi connectivity index (χ2n) is 4.96. The Bertz CT molecular complexity index is 557. The van der Waals surface area contributed by atoms with Gasteiger partial charge in [0.05, 0.1) is 6.26 Å². The number of fused-ring (bicyclic) bond motifs is 1. The zero-order chi connectivity index (χ0) is 13.2. The first-order chi connectivity index (χ1) is 8.54. The highest BCUT2D eigenvalue weighted by Crippen LogP contribution is 2.31. The molecule has 2 rings (SSSR count). The van der Waals surface area contributed by atoms with Crippen molar-refractivity contribution < 1.29 is 14.3 Å². The molecular formula is C14H17NO3. The van der Waals surface area contributed by atoms with E-state index < -0.39 is 6.61 Å². The summed E-state index contributed by atoms with van der Waals surface area (Å²) in [5.74, 6) is -0.365. The van der Waals surface area contributed by atoms with Crippen LogP contribution in [-0.2, 0) is 10.2 Å². The van der Waals surface area contributed by atoms with Crippen LogP contribution in [0.3, 0.4) is 0 Å². The van der Waals surface area contributed by atoms with Gasteiger partial charge >= 0.3 is 0 Å².